The lowest BCUT2D eigenvalue weighted by atomic mass is 10.1. The third-order valence-electron chi connectivity index (χ3n) is 3.61. The number of thioether (sulfide) groups is 1. The third-order valence-corrected chi connectivity index (χ3v) is 4.87. The molecule has 0 heterocycles. The van der Waals surface area contributed by atoms with Gasteiger partial charge in [-0.1, -0.05) is 23.7 Å². The molecule has 0 fully saturated rings. The van der Waals surface area contributed by atoms with E-state index < -0.39 is 0 Å². The molecule has 0 aliphatic rings. The number of amides is 2. The van der Waals surface area contributed by atoms with Crippen LogP contribution in [0.4, 0.5) is 5.69 Å². The minimum absolute atomic E-state index is 0.0315. The van der Waals surface area contributed by atoms with Crippen LogP contribution >= 0.6 is 23.4 Å². The summed E-state index contributed by atoms with van der Waals surface area (Å²) in [6.07, 6.45) is 0. The van der Waals surface area contributed by atoms with Gasteiger partial charge in [-0.05, 0) is 42.0 Å². The van der Waals surface area contributed by atoms with Crippen molar-refractivity contribution in [2.75, 3.05) is 37.4 Å². The zero-order valence-electron chi connectivity index (χ0n) is 15.3. The molecule has 0 unspecified atom stereocenters. The Morgan fingerprint density at radius 2 is 1.75 bits per heavy atom. The zero-order chi connectivity index (χ0) is 20.2. The van der Waals surface area contributed by atoms with Crippen LogP contribution < -0.4 is 10.6 Å². The van der Waals surface area contributed by atoms with Crippen molar-refractivity contribution < 1.29 is 19.4 Å². The van der Waals surface area contributed by atoms with Crippen LogP contribution in [-0.4, -0.2) is 49.0 Å². The standard InChI is InChI=1S/C20H23ClN2O4S/c21-17-5-7-18(8-6-17)23-19(25)14-28-13-15-1-3-16(4-2-15)20(26)22-9-11-27-12-10-24/h1-8,24H,9-14H2,(H,22,26)(H,23,25). The van der Waals surface area contributed by atoms with Gasteiger partial charge in [0, 0.05) is 28.6 Å². The van der Waals surface area contributed by atoms with Crippen LogP contribution in [0.2, 0.25) is 5.02 Å². The Labute approximate surface area is 173 Å². The lowest BCUT2D eigenvalue weighted by Crippen LogP contribution is -2.27. The highest BCUT2D eigenvalue weighted by atomic mass is 35.5. The van der Waals surface area contributed by atoms with E-state index in [1.165, 1.54) is 11.8 Å². The molecule has 3 N–H and O–H groups in total. The predicted molar refractivity (Wildman–Crippen MR) is 113 cm³/mol. The van der Waals surface area contributed by atoms with E-state index in [0.717, 1.165) is 5.56 Å². The summed E-state index contributed by atoms with van der Waals surface area (Å²) < 4.78 is 5.09. The van der Waals surface area contributed by atoms with Crippen LogP contribution in [0, 0.1) is 0 Å². The Balaban J connectivity index is 1.68. The molecule has 0 bridgehead atoms. The molecule has 0 spiro atoms. The first-order valence-corrected chi connectivity index (χ1v) is 10.3. The van der Waals surface area contributed by atoms with Crippen molar-refractivity contribution in [2.24, 2.45) is 0 Å². The first-order chi connectivity index (χ1) is 13.6. The van der Waals surface area contributed by atoms with Crippen molar-refractivity contribution in [1.82, 2.24) is 5.32 Å². The highest BCUT2D eigenvalue weighted by Gasteiger charge is 2.06. The van der Waals surface area contributed by atoms with Gasteiger partial charge in [-0.3, -0.25) is 9.59 Å². The lowest BCUT2D eigenvalue weighted by Gasteiger charge is -2.07. The molecule has 0 aliphatic carbocycles. The highest BCUT2D eigenvalue weighted by Crippen LogP contribution is 2.16. The normalized spacial score (nSPS) is 10.5. The summed E-state index contributed by atoms with van der Waals surface area (Å²) in [5.74, 6) is 0.754. The minimum atomic E-state index is -0.172. The van der Waals surface area contributed by atoms with E-state index in [0.29, 0.717) is 40.9 Å². The van der Waals surface area contributed by atoms with E-state index >= 15 is 0 Å². The topological polar surface area (TPSA) is 87.7 Å². The fraction of sp³-hybridized carbons (Fsp3) is 0.300. The molecule has 2 aromatic rings. The van der Waals surface area contributed by atoms with Gasteiger partial charge in [-0.15, -0.1) is 11.8 Å². The van der Waals surface area contributed by atoms with Crippen LogP contribution in [0.1, 0.15) is 15.9 Å². The van der Waals surface area contributed by atoms with Gasteiger partial charge in [0.25, 0.3) is 5.91 Å². The molecule has 0 saturated carbocycles. The number of hydrogen-bond donors (Lipinski definition) is 3. The molecule has 0 saturated heterocycles. The monoisotopic (exact) mass is 422 g/mol. The second-order valence-electron chi connectivity index (χ2n) is 5.84. The van der Waals surface area contributed by atoms with Crippen molar-refractivity contribution in [3.05, 3.63) is 64.7 Å². The Kier molecular flexibility index (Phi) is 9.85. The van der Waals surface area contributed by atoms with Gasteiger partial charge in [0.1, 0.15) is 0 Å². The van der Waals surface area contributed by atoms with E-state index in [-0.39, 0.29) is 25.0 Å². The summed E-state index contributed by atoms with van der Waals surface area (Å²) in [7, 11) is 0. The van der Waals surface area contributed by atoms with Gasteiger partial charge in [0.15, 0.2) is 0 Å². The van der Waals surface area contributed by atoms with E-state index in [1.807, 2.05) is 12.1 Å². The SMILES string of the molecule is O=C(CSCc1ccc(C(=O)NCCOCCO)cc1)Nc1ccc(Cl)cc1. The first-order valence-electron chi connectivity index (χ1n) is 8.77. The van der Waals surface area contributed by atoms with Crippen LogP contribution in [0.3, 0.4) is 0 Å². The molecule has 0 atom stereocenters. The second-order valence-corrected chi connectivity index (χ2v) is 7.26. The van der Waals surface area contributed by atoms with Gasteiger partial charge < -0.3 is 20.5 Å². The number of carbonyl (C=O) groups is 2. The number of aliphatic hydroxyl groups excluding tert-OH is 1. The van der Waals surface area contributed by atoms with Crippen molar-refractivity contribution in [3.8, 4) is 0 Å². The summed E-state index contributed by atoms with van der Waals surface area (Å²) in [5.41, 5.74) is 2.32. The van der Waals surface area contributed by atoms with Crippen molar-refractivity contribution in [3.63, 3.8) is 0 Å². The Morgan fingerprint density at radius 1 is 1.04 bits per heavy atom. The number of rotatable bonds is 11. The average molecular weight is 423 g/mol. The van der Waals surface area contributed by atoms with Crippen molar-refractivity contribution >= 4 is 40.9 Å². The number of hydrogen-bond acceptors (Lipinski definition) is 5. The van der Waals surface area contributed by atoms with Crippen molar-refractivity contribution in [2.45, 2.75) is 5.75 Å². The van der Waals surface area contributed by atoms with Gasteiger partial charge in [-0.25, -0.2) is 0 Å². The fourth-order valence-corrected chi connectivity index (χ4v) is 3.16. The number of ether oxygens (including phenoxy) is 1. The van der Waals surface area contributed by atoms with E-state index in [9.17, 15) is 9.59 Å². The van der Waals surface area contributed by atoms with E-state index in [1.54, 1.807) is 36.4 Å². The quantitative estimate of drug-likeness (QED) is 0.484. The molecule has 2 amide bonds. The van der Waals surface area contributed by atoms with Crippen molar-refractivity contribution in [1.29, 1.82) is 0 Å². The van der Waals surface area contributed by atoms with Crippen LogP contribution in [0.15, 0.2) is 48.5 Å². The maximum Gasteiger partial charge on any atom is 0.251 e. The molecular formula is C20H23ClN2O4S. The van der Waals surface area contributed by atoms with Gasteiger partial charge in [0.2, 0.25) is 5.91 Å². The molecule has 2 rings (SSSR count). The smallest absolute Gasteiger partial charge is 0.251 e. The third kappa shape index (κ3) is 8.31. The molecular weight excluding hydrogens is 400 g/mol. The molecule has 6 nitrogen and oxygen atoms in total. The number of benzene rings is 2. The minimum Gasteiger partial charge on any atom is -0.394 e. The van der Waals surface area contributed by atoms with E-state index in [2.05, 4.69) is 10.6 Å². The predicted octanol–water partition coefficient (Wildman–Crippen LogP) is 2.95. The Morgan fingerprint density at radius 3 is 2.43 bits per heavy atom. The maximum absolute atomic E-state index is 12.0. The number of anilines is 1. The number of carbonyl (C=O) groups excluding carboxylic acids is 2. The fourth-order valence-electron chi connectivity index (χ4n) is 2.25. The Hall–Kier alpha value is -2.06. The Bertz CT molecular complexity index is 754. The largest absolute Gasteiger partial charge is 0.394 e. The average Bonchev–Trinajstić information content (AvgIpc) is 2.70. The molecule has 0 aromatic heterocycles. The van der Waals surface area contributed by atoms with Crippen LogP contribution in [0.5, 0.6) is 0 Å². The molecule has 0 aliphatic heterocycles. The molecule has 0 radical (unpaired) electrons. The molecule has 8 heteroatoms. The summed E-state index contributed by atoms with van der Waals surface area (Å²) in [6, 6.07) is 14.2. The van der Waals surface area contributed by atoms with Gasteiger partial charge >= 0.3 is 0 Å². The van der Waals surface area contributed by atoms with Gasteiger partial charge in [-0.2, -0.15) is 0 Å². The van der Waals surface area contributed by atoms with E-state index in [4.69, 9.17) is 21.4 Å². The lowest BCUT2D eigenvalue weighted by molar-refractivity contribution is -0.113. The molecule has 150 valence electrons. The zero-order valence-corrected chi connectivity index (χ0v) is 16.9. The highest BCUT2D eigenvalue weighted by molar-refractivity contribution is 7.99. The number of halogens is 1. The molecule has 28 heavy (non-hydrogen) atoms. The second kappa shape index (κ2) is 12.4. The molecule has 2 aromatic carbocycles. The van der Waals surface area contributed by atoms with Crippen LogP contribution in [-0.2, 0) is 15.3 Å². The number of nitrogens with one attached hydrogen (secondary N) is 2. The van der Waals surface area contributed by atoms with Gasteiger partial charge in [0.05, 0.1) is 25.6 Å². The number of aliphatic hydroxyl groups is 1. The first kappa shape index (κ1) is 22.2. The summed E-state index contributed by atoms with van der Waals surface area (Å²) in [4.78, 5) is 24.0. The summed E-state index contributed by atoms with van der Waals surface area (Å²) >= 11 is 7.31. The van der Waals surface area contributed by atoms with Crippen LogP contribution in [0.25, 0.3) is 0 Å². The summed E-state index contributed by atoms with van der Waals surface area (Å²) in [5, 5.41) is 14.8. The maximum atomic E-state index is 12.0. The summed E-state index contributed by atoms with van der Waals surface area (Å²) in [6.45, 7) is 0.981.